The summed E-state index contributed by atoms with van der Waals surface area (Å²) < 4.78 is 5.31. The Balaban J connectivity index is 1.93. The van der Waals surface area contributed by atoms with Crippen molar-refractivity contribution in [3.05, 3.63) is 62.5 Å². The average molecular weight is 437 g/mol. The van der Waals surface area contributed by atoms with Gasteiger partial charge in [-0.1, -0.05) is 23.2 Å². The quantitative estimate of drug-likeness (QED) is 0.686. The Bertz CT molecular complexity index is 1020. The predicted molar refractivity (Wildman–Crippen MR) is 112 cm³/mol. The second-order valence-corrected chi connectivity index (χ2v) is 7.58. The molecule has 3 rings (SSSR count). The fourth-order valence-corrected chi connectivity index (χ4v) is 4.05. The number of hydrogen-bond acceptors (Lipinski definition) is 5. The smallest absolute Gasteiger partial charge is 0.335 e. The fourth-order valence-electron chi connectivity index (χ4n) is 2.48. The van der Waals surface area contributed by atoms with Crippen molar-refractivity contribution in [2.24, 2.45) is 4.99 Å². The van der Waals surface area contributed by atoms with Crippen LogP contribution in [0.1, 0.15) is 15.9 Å². The number of halogens is 2. The van der Waals surface area contributed by atoms with Crippen LogP contribution in [0.15, 0.2) is 46.3 Å². The molecule has 0 aliphatic carbocycles. The lowest BCUT2D eigenvalue weighted by Crippen LogP contribution is -2.23. The summed E-state index contributed by atoms with van der Waals surface area (Å²) in [4.78, 5) is 29.8. The number of rotatable bonds is 4. The Morgan fingerprint density at radius 1 is 1.25 bits per heavy atom. The molecule has 1 fully saturated rings. The summed E-state index contributed by atoms with van der Waals surface area (Å²) in [6.45, 7) is 0. The maximum atomic E-state index is 12.6. The number of aromatic carboxylic acids is 1. The molecule has 0 bridgehead atoms. The van der Waals surface area contributed by atoms with Crippen LogP contribution in [0.2, 0.25) is 10.0 Å². The average Bonchev–Trinajstić information content (AvgIpc) is 2.90. The number of thioether (sulfide) groups is 1. The van der Waals surface area contributed by atoms with Crippen molar-refractivity contribution in [1.82, 2.24) is 4.90 Å². The highest BCUT2D eigenvalue weighted by Crippen LogP contribution is 2.38. The molecule has 0 atom stereocenters. The number of aliphatic imine (C=N–C) groups is 1. The van der Waals surface area contributed by atoms with Crippen LogP contribution in [0, 0.1) is 0 Å². The molecule has 0 radical (unpaired) electrons. The maximum Gasteiger partial charge on any atom is 0.335 e. The summed E-state index contributed by atoms with van der Waals surface area (Å²) in [6, 6.07) is 9.30. The van der Waals surface area contributed by atoms with Gasteiger partial charge >= 0.3 is 5.97 Å². The van der Waals surface area contributed by atoms with E-state index in [4.69, 9.17) is 33.0 Å². The lowest BCUT2D eigenvalue weighted by Gasteiger charge is -2.08. The lowest BCUT2D eigenvalue weighted by atomic mass is 10.2. The third-order valence-electron chi connectivity index (χ3n) is 3.87. The standard InChI is InChI=1S/C19H14Cl2N2O4S/c1-23-17(24)15(8-11-7-12(20)9-14(21)16(11)27-2)28-19(23)22-13-5-3-10(4-6-13)18(25)26/h3-9H,1-2H3,(H,25,26). The molecule has 1 amide bonds. The van der Waals surface area contributed by atoms with Crippen LogP contribution in [0.4, 0.5) is 5.69 Å². The van der Waals surface area contributed by atoms with Crippen LogP contribution in [0.3, 0.4) is 0 Å². The zero-order chi connectivity index (χ0) is 20.4. The van der Waals surface area contributed by atoms with Crippen molar-refractivity contribution in [3.8, 4) is 5.75 Å². The number of amidine groups is 1. The van der Waals surface area contributed by atoms with Crippen LogP contribution in [0.25, 0.3) is 6.08 Å². The molecule has 1 saturated heterocycles. The molecule has 0 spiro atoms. The first-order valence-electron chi connectivity index (χ1n) is 7.93. The van der Waals surface area contributed by atoms with E-state index in [1.807, 2.05) is 0 Å². The molecule has 1 aliphatic rings. The van der Waals surface area contributed by atoms with Gasteiger partial charge in [-0.2, -0.15) is 0 Å². The number of methoxy groups -OCH3 is 1. The van der Waals surface area contributed by atoms with E-state index in [9.17, 15) is 9.59 Å². The summed E-state index contributed by atoms with van der Waals surface area (Å²) in [7, 11) is 3.10. The molecule has 1 N–H and O–H groups in total. The molecule has 6 nitrogen and oxygen atoms in total. The van der Waals surface area contributed by atoms with E-state index in [0.717, 1.165) is 0 Å². The number of benzene rings is 2. The van der Waals surface area contributed by atoms with Crippen molar-refractivity contribution in [3.63, 3.8) is 0 Å². The molecule has 28 heavy (non-hydrogen) atoms. The van der Waals surface area contributed by atoms with Gasteiger partial charge in [-0.3, -0.25) is 9.69 Å². The van der Waals surface area contributed by atoms with Gasteiger partial charge in [0.15, 0.2) is 5.17 Å². The van der Waals surface area contributed by atoms with Crippen LogP contribution < -0.4 is 4.74 Å². The van der Waals surface area contributed by atoms with E-state index in [0.29, 0.717) is 37.1 Å². The second kappa shape index (κ2) is 8.26. The Kier molecular flexibility index (Phi) is 5.98. The van der Waals surface area contributed by atoms with E-state index in [1.54, 1.807) is 37.4 Å². The molecule has 1 heterocycles. The molecule has 2 aromatic carbocycles. The van der Waals surface area contributed by atoms with Gasteiger partial charge < -0.3 is 9.84 Å². The van der Waals surface area contributed by atoms with E-state index in [-0.39, 0.29) is 11.5 Å². The number of nitrogens with zero attached hydrogens (tertiary/aromatic N) is 2. The molecular formula is C19H14Cl2N2O4S. The number of carboxylic acid groups (broad SMARTS) is 1. The first-order valence-corrected chi connectivity index (χ1v) is 9.50. The zero-order valence-electron chi connectivity index (χ0n) is 14.8. The van der Waals surface area contributed by atoms with E-state index in [1.165, 1.54) is 35.9 Å². The molecule has 0 unspecified atom stereocenters. The number of ether oxygens (including phenoxy) is 1. The first kappa shape index (κ1) is 20.3. The number of likely N-dealkylation sites (N-methyl/N-ethyl adjacent to an activating group) is 1. The molecule has 0 aromatic heterocycles. The van der Waals surface area contributed by atoms with Crippen LogP contribution in [0.5, 0.6) is 5.75 Å². The van der Waals surface area contributed by atoms with Crippen molar-refractivity contribution < 1.29 is 19.4 Å². The van der Waals surface area contributed by atoms with Gasteiger partial charge in [-0.25, -0.2) is 9.79 Å². The fraction of sp³-hybridized carbons (Fsp3) is 0.105. The minimum atomic E-state index is -1.01. The first-order chi connectivity index (χ1) is 13.3. The second-order valence-electron chi connectivity index (χ2n) is 5.73. The Morgan fingerprint density at radius 2 is 1.93 bits per heavy atom. The molecular weight excluding hydrogens is 423 g/mol. The Morgan fingerprint density at radius 3 is 2.54 bits per heavy atom. The van der Waals surface area contributed by atoms with Gasteiger partial charge in [0.1, 0.15) is 5.75 Å². The highest BCUT2D eigenvalue weighted by molar-refractivity contribution is 8.18. The topological polar surface area (TPSA) is 79.2 Å². The van der Waals surface area contributed by atoms with Gasteiger partial charge in [0, 0.05) is 17.6 Å². The summed E-state index contributed by atoms with van der Waals surface area (Å²) >= 11 is 13.4. The van der Waals surface area contributed by atoms with E-state index < -0.39 is 5.97 Å². The van der Waals surface area contributed by atoms with E-state index in [2.05, 4.69) is 4.99 Å². The third kappa shape index (κ3) is 4.16. The van der Waals surface area contributed by atoms with E-state index >= 15 is 0 Å². The number of carbonyl (C=O) groups is 2. The molecule has 9 heteroatoms. The summed E-state index contributed by atoms with van der Waals surface area (Å²) in [6.07, 6.45) is 1.65. The summed E-state index contributed by atoms with van der Waals surface area (Å²) in [5.74, 6) is -0.825. The van der Waals surface area contributed by atoms with Gasteiger partial charge in [-0.15, -0.1) is 0 Å². The third-order valence-corrected chi connectivity index (χ3v) is 5.43. The number of amides is 1. The van der Waals surface area contributed by atoms with Crippen molar-refractivity contribution in [2.75, 3.05) is 14.2 Å². The van der Waals surface area contributed by atoms with Gasteiger partial charge in [0.05, 0.1) is 28.3 Å². The zero-order valence-corrected chi connectivity index (χ0v) is 17.1. The summed E-state index contributed by atoms with van der Waals surface area (Å²) in [5, 5.41) is 10.2. The predicted octanol–water partition coefficient (Wildman–Crippen LogP) is 4.93. The highest BCUT2D eigenvalue weighted by Gasteiger charge is 2.30. The Labute approximate surface area is 175 Å². The SMILES string of the molecule is COc1c(Cl)cc(Cl)cc1C=C1SC(=Nc2ccc(C(=O)O)cc2)N(C)C1=O. The van der Waals surface area contributed by atoms with Gasteiger partial charge in [0.25, 0.3) is 5.91 Å². The van der Waals surface area contributed by atoms with Crippen LogP contribution >= 0.6 is 35.0 Å². The van der Waals surface area contributed by atoms with Gasteiger partial charge in [-0.05, 0) is 54.2 Å². The highest BCUT2D eigenvalue weighted by atomic mass is 35.5. The largest absolute Gasteiger partial charge is 0.495 e. The number of carbonyl (C=O) groups excluding carboxylic acids is 1. The minimum Gasteiger partial charge on any atom is -0.495 e. The minimum absolute atomic E-state index is 0.165. The lowest BCUT2D eigenvalue weighted by molar-refractivity contribution is -0.121. The van der Waals surface area contributed by atoms with Crippen molar-refractivity contribution >= 4 is 63.8 Å². The number of carboxylic acids is 1. The Hall–Kier alpha value is -2.48. The summed E-state index contributed by atoms with van der Waals surface area (Å²) in [5.41, 5.74) is 1.28. The number of hydrogen-bond donors (Lipinski definition) is 1. The van der Waals surface area contributed by atoms with Gasteiger partial charge in [0.2, 0.25) is 0 Å². The molecule has 144 valence electrons. The maximum absolute atomic E-state index is 12.6. The van der Waals surface area contributed by atoms with Crippen molar-refractivity contribution in [2.45, 2.75) is 0 Å². The monoisotopic (exact) mass is 436 g/mol. The van der Waals surface area contributed by atoms with Crippen molar-refractivity contribution in [1.29, 1.82) is 0 Å². The molecule has 1 aliphatic heterocycles. The molecule has 0 saturated carbocycles. The van der Waals surface area contributed by atoms with Crippen LogP contribution in [-0.2, 0) is 4.79 Å². The molecule has 2 aromatic rings. The normalized spacial score (nSPS) is 16.9. The van der Waals surface area contributed by atoms with Crippen LogP contribution in [-0.4, -0.2) is 41.2 Å².